The number of ketones is 1. The molecule has 3 N–H and O–H groups in total. The number of ether oxygens (including phenoxy) is 2. The van der Waals surface area contributed by atoms with Crippen molar-refractivity contribution in [2.24, 2.45) is 17.1 Å². The minimum Gasteiger partial charge on any atom is -0.458 e. The number of primary amides is 1. The molecule has 0 aromatic carbocycles. The number of amides is 1. The van der Waals surface area contributed by atoms with Crippen LogP contribution in [0.15, 0.2) is 11.0 Å². The normalized spacial score (nSPS) is 26.4. The summed E-state index contributed by atoms with van der Waals surface area (Å²) < 4.78 is 11.2. The Morgan fingerprint density at radius 3 is 2.51 bits per heavy atom. The summed E-state index contributed by atoms with van der Waals surface area (Å²) >= 11 is 1.53. The molecule has 1 fully saturated rings. The minimum absolute atomic E-state index is 0.0392. The topological polar surface area (TPSA) is 129 Å². The highest BCUT2D eigenvalue weighted by molar-refractivity contribution is 7.09. The molecule has 9 heteroatoms. The Balaban J connectivity index is 0.00000334. The van der Waals surface area contributed by atoms with E-state index in [0.717, 1.165) is 35.5 Å². The first-order chi connectivity index (χ1) is 17.4. The Hall–Kier alpha value is -2.26. The number of cyclic esters (lactones) is 1. The van der Waals surface area contributed by atoms with Gasteiger partial charge in [0, 0.05) is 30.1 Å². The number of aromatic nitrogens is 1. The minimum atomic E-state index is -0.865. The molecule has 8 nitrogen and oxygen atoms in total. The molecular formula is C28H46N2O6S. The fourth-order valence-corrected chi connectivity index (χ4v) is 4.77. The Labute approximate surface area is 226 Å². The molecule has 1 aliphatic heterocycles. The van der Waals surface area contributed by atoms with E-state index >= 15 is 0 Å². The molecule has 1 amide bonds. The molecule has 37 heavy (non-hydrogen) atoms. The highest BCUT2D eigenvalue weighted by Gasteiger charge is 2.32. The lowest BCUT2D eigenvalue weighted by molar-refractivity contribution is -0.149. The number of thiazole rings is 1. The van der Waals surface area contributed by atoms with Gasteiger partial charge < -0.3 is 20.3 Å². The molecule has 210 valence electrons. The van der Waals surface area contributed by atoms with Crippen LogP contribution in [0.1, 0.15) is 104 Å². The zero-order valence-corrected chi connectivity index (χ0v) is 24.4. The summed E-state index contributed by atoms with van der Waals surface area (Å²) in [6.07, 6.45) is 2.69. The Morgan fingerprint density at radius 2 is 1.92 bits per heavy atom. The molecule has 4 atom stereocenters. The molecule has 2 heterocycles. The van der Waals surface area contributed by atoms with Crippen molar-refractivity contribution in [1.82, 2.24) is 4.98 Å². The molecule has 0 aliphatic carbocycles. The van der Waals surface area contributed by atoms with Gasteiger partial charge in [-0.25, -0.2) is 9.78 Å². The lowest BCUT2D eigenvalue weighted by Crippen LogP contribution is -2.33. The van der Waals surface area contributed by atoms with Gasteiger partial charge in [0.2, 0.25) is 0 Å². The van der Waals surface area contributed by atoms with Gasteiger partial charge in [0.1, 0.15) is 18.0 Å². The average molecular weight is 539 g/mol. The van der Waals surface area contributed by atoms with Gasteiger partial charge in [-0.15, -0.1) is 11.3 Å². The number of rotatable bonds is 3. The molecule has 0 bridgehead atoms. The number of aliphatic hydroxyl groups excluding tert-OH is 1. The molecule has 2 rings (SSSR count). The number of aliphatic hydroxyl groups is 1. The zero-order chi connectivity index (χ0) is 28.2. The van der Waals surface area contributed by atoms with Gasteiger partial charge in [-0.1, -0.05) is 41.0 Å². The fourth-order valence-electron chi connectivity index (χ4n) is 4.20. The second-order valence-corrected chi connectivity index (χ2v) is 11.4. The summed E-state index contributed by atoms with van der Waals surface area (Å²) in [5.74, 6) is -0.530. The van der Waals surface area contributed by atoms with Crippen molar-refractivity contribution < 1.29 is 29.0 Å². The molecule has 1 aliphatic rings. The molecule has 3 unspecified atom stereocenters. The second-order valence-electron chi connectivity index (χ2n) is 10.3. The third kappa shape index (κ3) is 11.8. The van der Waals surface area contributed by atoms with Gasteiger partial charge in [-0.05, 0) is 57.1 Å². The van der Waals surface area contributed by atoms with E-state index in [4.69, 9.17) is 15.2 Å². The molecular weight excluding hydrogens is 492 g/mol. The van der Waals surface area contributed by atoms with Gasteiger partial charge in [0.15, 0.2) is 0 Å². The molecule has 1 aromatic rings. The smallest absolute Gasteiger partial charge is 0.404 e. The van der Waals surface area contributed by atoms with E-state index in [0.29, 0.717) is 12.8 Å². The van der Waals surface area contributed by atoms with Gasteiger partial charge in [0.05, 0.1) is 16.8 Å². The van der Waals surface area contributed by atoms with E-state index in [2.05, 4.69) is 4.98 Å². The third-order valence-corrected chi connectivity index (χ3v) is 7.54. The van der Waals surface area contributed by atoms with Crippen molar-refractivity contribution in [2.45, 2.75) is 118 Å². The Morgan fingerprint density at radius 1 is 1.27 bits per heavy atom. The monoisotopic (exact) mass is 538 g/mol. The number of carbonyl (C=O) groups is 3. The van der Waals surface area contributed by atoms with Crippen LogP contribution in [0.25, 0.3) is 6.08 Å². The number of hydrogen-bond donors (Lipinski definition) is 2. The lowest BCUT2D eigenvalue weighted by Gasteiger charge is -2.28. The number of hydrogen-bond acceptors (Lipinski definition) is 8. The number of esters is 1. The van der Waals surface area contributed by atoms with Gasteiger partial charge in [0.25, 0.3) is 0 Å². The maximum absolute atomic E-state index is 12.8. The molecule has 1 saturated heterocycles. The molecule has 1 aromatic heterocycles. The van der Waals surface area contributed by atoms with Crippen molar-refractivity contribution >= 4 is 35.3 Å². The van der Waals surface area contributed by atoms with E-state index in [1.807, 2.05) is 46.1 Å². The number of nitrogens with two attached hydrogens (primary N) is 1. The van der Waals surface area contributed by atoms with E-state index in [1.165, 1.54) is 11.3 Å². The second kappa shape index (κ2) is 15.9. The summed E-state index contributed by atoms with van der Waals surface area (Å²) in [6.45, 7) is 13.3. The van der Waals surface area contributed by atoms with Crippen LogP contribution >= 0.6 is 11.3 Å². The average Bonchev–Trinajstić information content (AvgIpc) is 3.24. The summed E-state index contributed by atoms with van der Waals surface area (Å²) in [6, 6.07) is 0. The number of Topliss-reactive ketones (excluding diaryl/α,β-unsaturated/α-hetero) is 1. The summed E-state index contributed by atoms with van der Waals surface area (Å²) in [5, 5.41) is 13.4. The van der Waals surface area contributed by atoms with Crippen LogP contribution < -0.4 is 5.73 Å². The highest BCUT2D eigenvalue weighted by Crippen LogP contribution is 2.30. The quantitative estimate of drug-likeness (QED) is 0.453. The van der Waals surface area contributed by atoms with Gasteiger partial charge in [-0.3, -0.25) is 9.59 Å². The number of nitrogens with zero attached hydrogens (tertiary/aromatic N) is 1. The maximum atomic E-state index is 12.8. The predicted molar refractivity (Wildman–Crippen MR) is 147 cm³/mol. The first kappa shape index (κ1) is 32.8. The van der Waals surface area contributed by atoms with Gasteiger partial charge >= 0.3 is 12.1 Å². The molecule has 0 spiro atoms. The van der Waals surface area contributed by atoms with Crippen molar-refractivity contribution in [3.05, 3.63) is 21.7 Å². The lowest BCUT2D eigenvalue weighted by atomic mass is 9.79. The zero-order valence-electron chi connectivity index (χ0n) is 23.5. The Kier molecular flexibility index (Phi) is 14.1. The van der Waals surface area contributed by atoms with Crippen molar-refractivity contribution in [2.75, 3.05) is 0 Å². The molecule has 0 radical (unpaired) electrons. The largest absolute Gasteiger partial charge is 0.458 e. The van der Waals surface area contributed by atoms with Crippen LogP contribution in [0.2, 0.25) is 0 Å². The van der Waals surface area contributed by atoms with Crippen molar-refractivity contribution in [3.63, 3.8) is 0 Å². The SMILES string of the molecule is C/C(=C\c1csc(C)n1)C1CC(OC(N)=O)CCCC[C@H](C)C(O)CC(=O)C(C)(C)CCC(=O)O1.CC. The van der Waals surface area contributed by atoms with Crippen LogP contribution in [0.5, 0.6) is 0 Å². The predicted octanol–water partition coefficient (Wildman–Crippen LogP) is 5.98. The van der Waals surface area contributed by atoms with Crippen molar-refractivity contribution in [1.29, 1.82) is 0 Å². The van der Waals surface area contributed by atoms with Crippen LogP contribution in [-0.2, 0) is 19.1 Å². The van der Waals surface area contributed by atoms with E-state index in [9.17, 15) is 19.5 Å². The van der Waals surface area contributed by atoms with Crippen LogP contribution in [-0.4, -0.2) is 46.2 Å². The van der Waals surface area contributed by atoms with E-state index in [-0.39, 0.29) is 31.0 Å². The first-order valence-electron chi connectivity index (χ1n) is 13.3. The number of aryl methyl sites for hydroxylation is 1. The van der Waals surface area contributed by atoms with Crippen LogP contribution in [0, 0.1) is 18.3 Å². The highest BCUT2D eigenvalue weighted by atomic mass is 32.1. The maximum Gasteiger partial charge on any atom is 0.404 e. The fraction of sp³-hybridized carbons (Fsp3) is 0.714. The van der Waals surface area contributed by atoms with Crippen LogP contribution in [0.3, 0.4) is 0 Å². The summed E-state index contributed by atoms with van der Waals surface area (Å²) in [7, 11) is 0. The van der Waals surface area contributed by atoms with Crippen molar-refractivity contribution in [3.8, 4) is 0 Å². The first-order valence-corrected chi connectivity index (χ1v) is 14.2. The summed E-state index contributed by atoms with van der Waals surface area (Å²) in [4.78, 5) is 41.7. The third-order valence-electron chi connectivity index (χ3n) is 6.75. The van der Waals surface area contributed by atoms with Gasteiger partial charge in [-0.2, -0.15) is 0 Å². The standard InChI is InChI=1S/C26H40N2O6S.C2H6/c1-16-8-6-7-9-20(33-25(27)32)13-22(17(2)12-19-15-35-18(3)28-19)34-24(31)10-11-26(4,5)23(30)14-21(16)29;1-2/h12,15-16,20-22,29H,6-11,13-14H2,1-5H3,(H2,27,32);1-2H3/b17-12+;/t16-,20?,21?,22?;/m0./s1. The van der Waals surface area contributed by atoms with E-state index in [1.54, 1.807) is 13.8 Å². The molecule has 0 saturated carbocycles. The Bertz CT molecular complexity index is 910. The van der Waals surface area contributed by atoms with Crippen LogP contribution in [0.4, 0.5) is 4.79 Å². The number of carbonyl (C=O) groups excluding carboxylic acids is 3. The van der Waals surface area contributed by atoms with E-state index < -0.39 is 35.8 Å². The summed E-state index contributed by atoms with van der Waals surface area (Å²) in [5.41, 5.74) is 6.13.